The molecule has 4 unspecified atom stereocenters. The average Bonchev–Trinajstić information content (AvgIpc) is 2.76. The van der Waals surface area contributed by atoms with Gasteiger partial charge in [0.05, 0.1) is 12.2 Å². The zero-order valence-electron chi connectivity index (χ0n) is 8.69. The lowest BCUT2D eigenvalue weighted by Gasteiger charge is -2.21. The minimum absolute atomic E-state index is 0.142. The van der Waals surface area contributed by atoms with Crippen LogP contribution in [0.4, 0.5) is 4.39 Å². The van der Waals surface area contributed by atoms with Gasteiger partial charge in [0.15, 0.2) is 0 Å². The molecule has 2 bridgehead atoms. The van der Waals surface area contributed by atoms with Crippen molar-refractivity contribution in [2.45, 2.75) is 44.1 Å². The molecule has 0 radical (unpaired) electrons. The lowest BCUT2D eigenvalue weighted by molar-refractivity contribution is 0.0772. The summed E-state index contributed by atoms with van der Waals surface area (Å²) in [5, 5.41) is 0. The number of hydrogen-bond acceptors (Lipinski definition) is 2. The van der Waals surface area contributed by atoms with Crippen molar-refractivity contribution < 1.29 is 9.13 Å². The summed E-state index contributed by atoms with van der Waals surface area (Å²) in [5.41, 5.74) is 2.17. The first-order chi connectivity index (χ1) is 7.24. The Morgan fingerprint density at radius 3 is 3.00 bits per heavy atom. The van der Waals surface area contributed by atoms with Gasteiger partial charge in [0.1, 0.15) is 6.17 Å². The molecule has 1 aromatic rings. The molecular formula is C12H14FNO. The molecule has 15 heavy (non-hydrogen) atoms. The number of halogens is 1. The van der Waals surface area contributed by atoms with E-state index in [4.69, 9.17) is 4.74 Å². The Hall–Kier alpha value is -0.960. The molecule has 0 aromatic carbocycles. The Kier molecular flexibility index (Phi) is 2.02. The van der Waals surface area contributed by atoms with Gasteiger partial charge in [0.2, 0.25) is 0 Å². The molecule has 2 saturated heterocycles. The maximum Gasteiger partial charge on any atom is 0.129 e. The Labute approximate surface area is 88.5 Å². The highest BCUT2D eigenvalue weighted by Gasteiger charge is 2.48. The highest BCUT2D eigenvalue weighted by Crippen LogP contribution is 2.45. The quantitative estimate of drug-likeness (QED) is 0.705. The SMILES string of the molecule is Cc1cc(C2CC3CC(F)C2O3)ccn1. The third-order valence-corrected chi connectivity index (χ3v) is 3.46. The highest BCUT2D eigenvalue weighted by atomic mass is 19.1. The van der Waals surface area contributed by atoms with Gasteiger partial charge in [0, 0.05) is 24.2 Å². The van der Waals surface area contributed by atoms with Crippen LogP contribution in [-0.4, -0.2) is 23.4 Å². The molecule has 0 saturated carbocycles. The van der Waals surface area contributed by atoms with E-state index in [1.807, 2.05) is 19.1 Å². The third-order valence-electron chi connectivity index (χ3n) is 3.46. The second-order valence-corrected chi connectivity index (χ2v) is 4.55. The second-order valence-electron chi connectivity index (χ2n) is 4.55. The van der Waals surface area contributed by atoms with Gasteiger partial charge < -0.3 is 4.74 Å². The number of nitrogens with zero attached hydrogens (tertiary/aromatic N) is 1. The highest BCUT2D eigenvalue weighted by molar-refractivity contribution is 5.24. The molecule has 3 rings (SSSR count). The fourth-order valence-corrected chi connectivity index (χ4v) is 2.79. The predicted molar refractivity (Wildman–Crippen MR) is 54.5 cm³/mol. The van der Waals surface area contributed by atoms with Crippen LogP contribution >= 0.6 is 0 Å². The number of pyridine rings is 1. The van der Waals surface area contributed by atoms with Crippen molar-refractivity contribution in [2.24, 2.45) is 0 Å². The van der Waals surface area contributed by atoms with Crippen LogP contribution in [0.25, 0.3) is 0 Å². The monoisotopic (exact) mass is 207 g/mol. The van der Waals surface area contributed by atoms with Gasteiger partial charge in [-0.25, -0.2) is 4.39 Å². The number of rotatable bonds is 1. The van der Waals surface area contributed by atoms with Crippen LogP contribution in [0.1, 0.15) is 30.0 Å². The van der Waals surface area contributed by atoms with Crippen LogP contribution in [0.2, 0.25) is 0 Å². The van der Waals surface area contributed by atoms with Crippen LogP contribution in [0.15, 0.2) is 18.3 Å². The number of ether oxygens (including phenoxy) is 1. The first-order valence-corrected chi connectivity index (χ1v) is 5.46. The largest absolute Gasteiger partial charge is 0.371 e. The van der Waals surface area contributed by atoms with E-state index in [1.165, 1.54) is 5.56 Å². The zero-order valence-corrected chi connectivity index (χ0v) is 8.69. The molecule has 2 nitrogen and oxygen atoms in total. The Balaban J connectivity index is 1.90. The summed E-state index contributed by atoms with van der Waals surface area (Å²) >= 11 is 0. The van der Waals surface area contributed by atoms with Gasteiger partial charge in [0.25, 0.3) is 0 Å². The van der Waals surface area contributed by atoms with E-state index in [0.29, 0.717) is 6.42 Å². The van der Waals surface area contributed by atoms with E-state index >= 15 is 0 Å². The van der Waals surface area contributed by atoms with Crippen LogP contribution in [0, 0.1) is 6.92 Å². The van der Waals surface area contributed by atoms with Crippen molar-refractivity contribution in [1.29, 1.82) is 0 Å². The second kappa shape index (κ2) is 3.27. The molecule has 2 fully saturated rings. The Morgan fingerprint density at radius 1 is 1.47 bits per heavy atom. The van der Waals surface area contributed by atoms with Crippen LogP contribution in [-0.2, 0) is 4.74 Å². The fraction of sp³-hybridized carbons (Fsp3) is 0.583. The third kappa shape index (κ3) is 1.46. The Morgan fingerprint density at radius 2 is 2.33 bits per heavy atom. The molecule has 0 aliphatic carbocycles. The summed E-state index contributed by atoms with van der Waals surface area (Å²) in [6, 6.07) is 4.02. The molecule has 0 amide bonds. The first-order valence-electron chi connectivity index (χ1n) is 5.46. The van der Waals surface area contributed by atoms with Crippen molar-refractivity contribution >= 4 is 0 Å². The fourth-order valence-electron chi connectivity index (χ4n) is 2.79. The molecule has 0 spiro atoms. The summed E-state index contributed by atoms with van der Waals surface area (Å²) in [4.78, 5) is 4.16. The number of aryl methyl sites for hydroxylation is 1. The van der Waals surface area contributed by atoms with Gasteiger partial charge in [-0.15, -0.1) is 0 Å². The lowest BCUT2D eigenvalue weighted by atomic mass is 9.83. The van der Waals surface area contributed by atoms with Crippen molar-refractivity contribution in [2.75, 3.05) is 0 Å². The molecule has 2 aliphatic rings. The normalized spacial score (nSPS) is 38.5. The average molecular weight is 207 g/mol. The summed E-state index contributed by atoms with van der Waals surface area (Å²) < 4.78 is 19.1. The van der Waals surface area contributed by atoms with Gasteiger partial charge >= 0.3 is 0 Å². The van der Waals surface area contributed by atoms with Crippen molar-refractivity contribution in [3.8, 4) is 0 Å². The van der Waals surface area contributed by atoms with E-state index < -0.39 is 6.17 Å². The van der Waals surface area contributed by atoms with E-state index in [9.17, 15) is 4.39 Å². The summed E-state index contributed by atoms with van der Waals surface area (Å²) in [7, 11) is 0. The maximum atomic E-state index is 13.5. The van der Waals surface area contributed by atoms with E-state index in [2.05, 4.69) is 4.98 Å². The molecule has 3 heteroatoms. The van der Waals surface area contributed by atoms with Gasteiger partial charge in [-0.1, -0.05) is 0 Å². The van der Waals surface area contributed by atoms with Crippen LogP contribution < -0.4 is 0 Å². The zero-order chi connectivity index (χ0) is 10.4. The minimum Gasteiger partial charge on any atom is -0.371 e. The smallest absolute Gasteiger partial charge is 0.129 e. The lowest BCUT2D eigenvalue weighted by Crippen LogP contribution is -2.25. The maximum absolute atomic E-state index is 13.5. The molecule has 4 atom stereocenters. The molecule has 0 N–H and O–H groups in total. The van der Waals surface area contributed by atoms with Crippen molar-refractivity contribution in [1.82, 2.24) is 4.98 Å². The van der Waals surface area contributed by atoms with E-state index in [1.54, 1.807) is 6.20 Å². The molecule has 2 aliphatic heterocycles. The molecule has 1 aromatic heterocycles. The Bertz CT molecular complexity index is 382. The van der Waals surface area contributed by atoms with Gasteiger partial charge in [-0.2, -0.15) is 0 Å². The van der Waals surface area contributed by atoms with Gasteiger partial charge in [-0.05, 0) is 31.0 Å². The molecule has 80 valence electrons. The first kappa shape index (κ1) is 9.28. The summed E-state index contributed by atoms with van der Waals surface area (Å²) in [5.74, 6) is 0.237. The topological polar surface area (TPSA) is 22.1 Å². The van der Waals surface area contributed by atoms with Crippen LogP contribution in [0.5, 0.6) is 0 Å². The minimum atomic E-state index is -0.776. The van der Waals surface area contributed by atoms with Gasteiger partial charge in [-0.3, -0.25) is 4.98 Å². The van der Waals surface area contributed by atoms with Crippen LogP contribution in [0.3, 0.4) is 0 Å². The predicted octanol–water partition coefficient (Wildman–Crippen LogP) is 2.37. The number of fused-ring (bicyclic) bond motifs is 2. The van der Waals surface area contributed by atoms with E-state index in [-0.39, 0.29) is 18.1 Å². The standard InChI is InChI=1S/C12H14FNO/c1-7-4-8(2-3-14-7)10-5-9-6-11(13)12(10)15-9/h2-4,9-12H,5-6H2,1H3. The summed E-state index contributed by atoms with van der Waals surface area (Å²) in [6.07, 6.45) is 2.51. The van der Waals surface area contributed by atoms with Crippen molar-refractivity contribution in [3.63, 3.8) is 0 Å². The number of aromatic nitrogens is 1. The van der Waals surface area contributed by atoms with Crippen molar-refractivity contribution in [3.05, 3.63) is 29.6 Å². The van der Waals surface area contributed by atoms with E-state index in [0.717, 1.165) is 12.1 Å². The number of alkyl halides is 1. The number of hydrogen-bond donors (Lipinski definition) is 0. The molecular weight excluding hydrogens is 193 g/mol. The molecule has 3 heterocycles. The summed E-state index contributed by atoms with van der Waals surface area (Å²) in [6.45, 7) is 1.96.